The fraction of sp³-hybridized carbons (Fsp3) is 0.682. The largest absolute Gasteiger partial charge is 0.377 e. The molecule has 1 aliphatic carbocycles. The van der Waals surface area contributed by atoms with E-state index in [0.29, 0.717) is 37.2 Å². The van der Waals surface area contributed by atoms with Crippen molar-refractivity contribution in [2.45, 2.75) is 52.9 Å². The van der Waals surface area contributed by atoms with E-state index in [1.54, 1.807) is 0 Å². The van der Waals surface area contributed by atoms with Crippen LogP contribution in [-0.2, 0) is 16.1 Å². The molecule has 0 radical (unpaired) electrons. The molecule has 1 aliphatic heterocycles. The number of nitrogens with one attached hydrogen (secondary N) is 2. The number of rotatable bonds is 8. The summed E-state index contributed by atoms with van der Waals surface area (Å²) in [5.74, 6) is 1.90. The molecule has 0 amide bonds. The first-order valence-electron chi connectivity index (χ1n) is 10.3. The molecule has 1 aromatic rings. The quantitative estimate of drug-likeness (QED) is 0.323. The van der Waals surface area contributed by atoms with Gasteiger partial charge in [-0.05, 0) is 24.8 Å². The van der Waals surface area contributed by atoms with Gasteiger partial charge >= 0.3 is 0 Å². The first-order chi connectivity index (χ1) is 13.0. The van der Waals surface area contributed by atoms with Crippen molar-refractivity contribution in [3.63, 3.8) is 0 Å². The summed E-state index contributed by atoms with van der Waals surface area (Å²) < 4.78 is 11.8. The van der Waals surface area contributed by atoms with Crippen LogP contribution >= 0.6 is 24.0 Å². The van der Waals surface area contributed by atoms with E-state index in [1.807, 2.05) is 18.2 Å². The lowest BCUT2D eigenvalue weighted by atomic mass is 9.57. The Bertz CT molecular complexity index is 623. The lowest BCUT2D eigenvalue weighted by Crippen LogP contribution is -2.68. The van der Waals surface area contributed by atoms with Crippen molar-refractivity contribution >= 4 is 29.9 Å². The first-order valence-corrected chi connectivity index (χ1v) is 10.3. The SMILES string of the molecule is CCNC(=NCC(C)COCc1ccccc1)NC1C2CCOC2C1(C)C.I. The monoisotopic (exact) mass is 501 g/mol. The summed E-state index contributed by atoms with van der Waals surface area (Å²) in [5.41, 5.74) is 1.37. The van der Waals surface area contributed by atoms with E-state index in [4.69, 9.17) is 14.5 Å². The third-order valence-electron chi connectivity index (χ3n) is 5.81. The summed E-state index contributed by atoms with van der Waals surface area (Å²) in [6, 6.07) is 10.7. The molecule has 4 unspecified atom stereocenters. The molecule has 3 rings (SSSR count). The Hall–Kier alpha value is -0.860. The third kappa shape index (κ3) is 5.60. The van der Waals surface area contributed by atoms with Gasteiger partial charge < -0.3 is 20.1 Å². The van der Waals surface area contributed by atoms with E-state index in [0.717, 1.165) is 32.1 Å². The number of hydrogen-bond acceptors (Lipinski definition) is 3. The summed E-state index contributed by atoms with van der Waals surface area (Å²) in [6.07, 6.45) is 1.54. The molecule has 1 saturated carbocycles. The maximum Gasteiger partial charge on any atom is 0.191 e. The van der Waals surface area contributed by atoms with Crippen LogP contribution in [0.3, 0.4) is 0 Å². The topological polar surface area (TPSA) is 54.9 Å². The van der Waals surface area contributed by atoms with E-state index in [1.165, 1.54) is 5.56 Å². The predicted molar refractivity (Wildman–Crippen MR) is 125 cm³/mol. The van der Waals surface area contributed by atoms with Gasteiger partial charge in [-0.25, -0.2) is 0 Å². The van der Waals surface area contributed by atoms with Gasteiger partial charge in [0.05, 0.1) is 19.3 Å². The summed E-state index contributed by atoms with van der Waals surface area (Å²) in [5, 5.41) is 7.07. The normalized spacial score (nSPS) is 26.6. The number of ether oxygens (including phenoxy) is 2. The van der Waals surface area contributed by atoms with Crippen LogP contribution in [0.1, 0.15) is 39.7 Å². The van der Waals surface area contributed by atoms with Gasteiger partial charge in [0, 0.05) is 37.1 Å². The number of aliphatic imine (C=N–C) groups is 1. The number of guanidine groups is 1. The Morgan fingerprint density at radius 1 is 1.32 bits per heavy atom. The van der Waals surface area contributed by atoms with Crippen LogP contribution < -0.4 is 10.6 Å². The molecule has 158 valence electrons. The highest BCUT2D eigenvalue weighted by Gasteiger charge is 2.59. The van der Waals surface area contributed by atoms with Crippen molar-refractivity contribution in [1.29, 1.82) is 0 Å². The zero-order chi connectivity index (χ0) is 19.3. The van der Waals surface area contributed by atoms with Crippen LogP contribution in [0.15, 0.2) is 35.3 Å². The summed E-state index contributed by atoms with van der Waals surface area (Å²) in [7, 11) is 0. The molecule has 28 heavy (non-hydrogen) atoms. The van der Waals surface area contributed by atoms with Crippen LogP contribution in [0.2, 0.25) is 0 Å². The maximum absolute atomic E-state index is 5.90. The molecule has 1 heterocycles. The van der Waals surface area contributed by atoms with Crippen molar-refractivity contribution in [2.24, 2.45) is 22.2 Å². The Labute approximate surface area is 187 Å². The van der Waals surface area contributed by atoms with Gasteiger partial charge in [0.2, 0.25) is 0 Å². The van der Waals surface area contributed by atoms with Crippen molar-refractivity contribution in [2.75, 3.05) is 26.3 Å². The van der Waals surface area contributed by atoms with E-state index in [2.05, 4.69) is 50.5 Å². The highest BCUT2D eigenvalue weighted by atomic mass is 127. The highest BCUT2D eigenvalue weighted by molar-refractivity contribution is 14.0. The van der Waals surface area contributed by atoms with Gasteiger partial charge in [-0.1, -0.05) is 51.1 Å². The van der Waals surface area contributed by atoms with Gasteiger partial charge in [0.25, 0.3) is 0 Å². The second-order valence-corrected chi connectivity index (χ2v) is 8.51. The predicted octanol–water partition coefficient (Wildman–Crippen LogP) is 3.83. The number of hydrogen-bond donors (Lipinski definition) is 2. The minimum atomic E-state index is 0. The van der Waals surface area contributed by atoms with Crippen molar-refractivity contribution in [3.05, 3.63) is 35.9 Å². The minimum Gasteiger partial charge on any atom is -0.377 e. The zero-order valence-electron chi connectivity index (χ0n) is 17.6. The van der Waals surface area contributed by atoms with E-state index < -0.39 is 0 Å². The molecular weight excluding hydrogens is 465 g/mol. The van der Waals surface area contributed by atoms with Gasteiger partial charge in [-0.2, -0.15) is 0 Å². The maximum atomic E-state index is 5.90. The van der Waals surface area contributed by atoms with E-state index in [-0.39, 0.29) is 29.4 Å². The zero-order valence-corrected chi connectivity index (χ0v) is 19.9. The van der Waals surface area contributed by atoms with Crippen molar-refractivity contribution in [3.8, 4) is 0 Å². The lowest BCUT2D eigenvalue weighted by molar-refractivity contribution is -0.106. The smallest absolute Gasteiger partial charge is 0.191 e. The van der Waals surface area contributed by atoms with Gasteiger partial charge in [0.15, 0.2) is 5.96 Å². The summed E-state index contributed by atoms with van der Waals surface area (Å²) in [4.78, 5) is 4.81. The molecule has 2 aliphatic rings. The fourth-order valence-electron chi connectivity index (χ4n) is 4.34. The molecule has 0 bridgehead atoms. The highest BCUT2D eigenvalue weighted by Crippen LogP contribution is 2.52. The second-order valence-electron chi connectivity index (χ2n) is 8.51. The molecule has 0 aromatic heterocycles. The molecule has 1 saturated heterocycles. The average molecular weight is 501 g/mol. The average Bonchev–Trinajstić information content (AvgIpc) is 3.12. The van der Waals surface area contributed by atoms with Crippen molar-refractivity contribution < 1.29 is 9.47 Å². The number of halogens is 1. The van der Waals surface area contributed by atoms with Crippen molar-refractivity contribution in [1.82, 2.24) is 10.6 Å². The standard InChI is InChI=1S/C22H35N3O2.HI/c1-5-23-21(25-19-18-11-12-27-20(18)22(19,3)4)24-13-16(2)14-26-15-17-9-7-6-8-10-17;/h6-10,16,18-20H,5,11-15H2,1-4H3,(H2,23,24,25);1H. The van der Waals surface area contributed by atoms with Crippen LogP contribution in [0.5, 0.6) is 0 Å². The summed E-state index contributed by atoms with van der Waals surface area (Å²) in [6.45, 7) is 12.8. The fourth-order valence-corrected chi connectivity index (χ4v) is 4.34. The van der Waals surface area contributed by atoms with E-state index >= 15 is 0 Å². The Kier molecular flexibility index (Phi) is 9.02. The van der Waals surface area contributed by atoms with E-state index in [9.17, 15) is 0 Å². The van der Waals surface area contributed by atoms with Crippen LogP contribution in [0, 0.1) is 17.3 Å². The number of nitrogens with zero attached hydrogens (tertiary/aromatic N) is 1. The molecule has 4 atom stereocenters. The molecule has 0 spiro atoms. The molecule has 2 N–H and O–H groups in total. The van der Waals surface area contributed by atoms with Crippen LogP contribution in [-0.4, -0.2) is 44.4 Å². The molecule has 1 aromatic carbocycles. The second kappa shape index (κ2) is 10.8. The van der Waals surface area contributed by atoms with Crippen LogP contribution in [0.25, 0.3) is 0 Å². The Balaban J connectivity index is 0.00000280. The summed E-state index contributed by atoms with van der Waals surface area (Å²) >= 11 is 0. The van der Waals surface area contributed by atoms with Gasteiger partial charge in [-0.3, -0.25) is 4.99 Å². The first kappa shape index (κ1) is 23.4. The van der Waals surface area contributed by atoms with Gasteiger partial charge in [0.1, 0.15) is 0 Å². The van der Waals surface area contributed by atoms with Crippen LogP contribution in [0.4, 0.5) is 0 Å². The Morgan fingerprint density at radius 3 is 2.79 bits per heavy atom. The van der Waals surface area contributed by atoms with Gasteiger partial charge in [-0.15, -0.1) is 24.0 Å². The minimum absolute atomic E-state index is 0. The Morgan fingerprint density at radius 2 is 2.07 bits per heavy atom. The molecule has 5 nitrogen and oxygen atoms in total. The molecular formula is C22H36IN3O2. The number of fused-ring (bicyclic) bond motifs is 1. The third-order valence-corrected chi connectivity index (χ3v) is 5.81. The lowest BCUT2D eigenvalue weighted by Gasteiger charge is -2.54. The molecule has 6 heteroatoms. The number of benzene rings is 1. The molecule has 2 fully saturated rings.